The molecule has 0 radical (unpaired) electrons. The van der Waals surface area contributed by atoms with Crippen LogP contribution in [0.5, 0.6) is 0 Å². The van der Waals surface area contributed by atoms with Gasteiger partial charge in [0.05, 0.1) is 23.6 Å². The van der Waals surface area contributed by atoms with E-state index in [1.54, 1.807) is 37.2 Å². The molecule has 10 nitrogen and oxygen atoms in total. The van der Waals surface area contributed by atoms with Gasteiger partial charge in [0.2, 0.25) is 10.6 Å². The van der Waals surface area contributed by atoms with Gasteiger partial charge in [-0.05, 0) is 42.2 Å². The first kappa shape index (κ1) is 25.5. The third-order valence-electron chi connectivity index (χ3n) is 7.43. The predicted octanol–water partition coefficient (Wildman–Crippen LogP) is 3.08. The number of hydrogen-bond donors (Lipinski definition) is 0. The number of benzene rings is 2. The average molecular weight is 564 g/mol. The lowest BCUT2D eigenvalue weighted by atomic mass is 9.74. The van der Waals surface area contributed by atoms with Gasteiger partial charge in [0.1, 0.15) is 0 Å². The summed E-state index contributed by atoms with van der Waals surface area (Å²) in [5.41, 5.74) is 2.81. The maximum absolute atomic E-state index is 13.5. The van der Waals surface area contributed by atoms with Crippen LogP contribution in [-0.2, 0) is 36.0 Å². The molecule has 4 heterocycles. The van der Waals surface area contributed by atoms with Gasteiger partial charge in [0.25, 0.3) is 10.0 Å². The number of halogens is 1. The smallest absolute Gasteiger partial charge is 0.264 e. The summed E-state index contributed by atoms with van der Waals surface area (Å²) in [5, 5.41) is 13.9. The van der Waals surface area contributed by atoms with Gasteiger partial charge in [-0.25, -0.2) is 13.1 Å². The van der Waals surface area contributed by atoms with E-state index in [4.69, 9.17) is 11.6 Å². The summed E-state index contributed by atoms with van der Waals surface area (Å²) in [6, 6.07) is 17.1. The number of pyridine rings is 1. The lowest BCUT2D eigenvalue weighted by Gasteiger charge is -2.31. The minimum Gasteiger partial charge on any atom is -0.316 e. The zero-order valence-corrected chi connectivity index (χ0v) is 23.0. The first-order chi connectivity index (χ1) is 18.7. The molecule has 0 spiro atoms. The van der Waals surface area contributed by atoms with Crippen molar-refractivity contribution in [3.8, 4) is 5.69 Å². The van der Waals surface area contributed by atoms with Crippen molar-refractivity contribution in [1.29, 1.82) is 0 Å². The molecule has 5 aromatic rings. The van der Waals surface area contributed by atoms with Gasteiger partial charge >= 0.3 is 0 Å². The lowest BCUT2D eigenvalue weighted by molar-refractivity contribution is 0.413. The molecular weight excluding hydrogens is 538 g/mol. The third kappa shape index (κ3) is 4.46. The number of rotatable bonds is 6. The molecule has 0 bridgehead atoms. The van der Waals surface area contributed by atoms with Crippen LogP contribution in [0.15, 0.2) is 83.0 Å². The lowest BCUT2D eigenvalue weighted by Crippen LogP contribution is -2.36. The molecule has 1 atom stereocenters. The molecule has 1 aliphatic heterocycles. The maximum atomic E-state index is 13.5. The van der Waals surface area contributed by atoms with Crippen LogP contribution in [0.4, 0.5) is 0 Å². The van der Waals surface area contributed by atoms with Crippen molar-refractivity contribution in [1.82, 2.24) is 33.6 Å². The SMILES string of the molecule is Cn1ncc(S(=O)(=O)N2CCC(Cc3ccccc3)(c3cc4cnn(-c5ccc(=O)n(C)c5)c4cc3Cl)C2)n1. The van der Waals surface area contributed by atoms with Gasteiger partial charge in [0.15, 0.2) is 0 Å². The summed E-state index contributed by atoms with van der Waals surface area (Å²) in [6.07, 6.45) is 5.96. The van der Waals surface area contributed by atoms with Crippen LogP contribution in [0.3, 0.4) is 0 Å². The summed E-state index contributed by atoms with van der Waals surface area (Å²) >= 11 is 7.00. The van der Waals surface area contributed by atoms with E-state index in [1.165, 1.54) is 25.9 Å². The van der Waals surface area contributed by atoms with Crippen LogP contribution in [0.2, 0.25) is 5.02 Å². The second-order valence-electron chi connectivity index (χ2n) is 9.99. The summed E-state index contributed by atoms with van der Waals surface area (Å²) < 4.78 is 31.7. The molecule has 2 aromatic carbocycles. The highest BCUT2D eigenvalue weighted by Gasteiger charge is 2.46. The minimum atomic E-state index is -3.83. The minimum absolute atomic E-state index is 0.0689. The third-order valence-corrected chi connectivity index (χ3v) is 9.45. The maximum Gasteiger partial charge on any atom is 0.264 e. The summed E-state index contributed by atoms with van der Waals surface area (Å²) in [6.45, 7) is 0.582. The standard InChI is InChI=1S/C27H26ClN7O3S/c1-32-17-21(8-9-26(32)36)35-24-13-23(28)22(12-20(24)15-30-35)27(14-19-6-4-3-5-7-19)10-11-34(18-27)39(37,38)25-16-29-33(2)31-25/h3-9,12-13,15-17H,10-11,14,18H2,1-2H3. The quantitative estimate of drug-likeness (QED) is 0.314. The first-order valence-electron chi connectivity index (χ1n) is 12.4. The van der Waals surface area contributed by atoms with E-state index in [0.717, 1.165) is 27.7 Å². The zero-order valence-electron chi connectivity index (χ0n) is 21.4. The van der Waals surface area contributed by atoms with E-state index in [9.17, 15) is 13.2 Å². The van der Waals surface area contributed by atoms with Gasteiger partial charge in [-0.2, -0.15) is 19.3 Å². The largest absolute Gasteiger partial charge is 0.316 e. The van der Waals surface area contributed by atoms with Crippen molar-refractivity contribution < 1.29 is 8.42 Å². The van der Waals surface area contributed by atoms with Gasteiger partial charge in [-0.15, -0.1) is 5.10 Å². The molecule has 1 unspecified atom stereocenters. The Morgan fingerprint density at radius 2 is 1.82 bits per heavy atom. The molecule has 1 aliphatic rings. The molecule has 12 heteroatoms. The fourth-order valence-electron chi connectivity index (χ4n) is 5.43. The van der Waals surface area contributed by atoms with Crippen LogP contribution in [0.1, 0.15) is 17.5 Å². The van der Waals surface area contributed by atoms with Crippen LogP contribution < -0.4 is 5.56 Å². The Kier molecular flexibility index (Phi) is 6.17. The molecule has 0 aliphatic carbocycles. The highest BCUT2D eigenvalue weighted by molar-refractivity contribution is 7.89. The Hall–Kier alpha value is -3.80. The van der Waals surface area contributed by atoms with Crippen molar-refractivity contribution in [3.63, 3.8) is 0 Å². The molecule has 6 rings (SSSR count). The normalized spacial score (nSPS) is 18.2. The Bertz CT molecular complexity index is 1860. The Morgan fingerprint density at radius 1 is 1.03 bits per heavy atom. The number of sulfonamides is 1. The van der Waals surface area contributed by atoms with Gasteiger partial charge < -0.3 is 4.57 Å². The van der Waals surface area contributed by atoms with E-state index in [-0.39, 0.29) is 17.1 Å². The second kappa shape index (κ2) is 9.44. The van der Waals surface area contributed by atoms with Crippen LogP contribution in [0.25, 0.3) is 16.6 Å². The van der Waals surface area contributed by atoms with Crippen LogP contribution >= 0.6 is 11.6 Å². The second-order valence-corrected chi connectivity index (χ2v) is 12.3. The van der Waals surface area contributed by atoms with Gasteiger partial charge in [-0.3, -0.25) is 4.79 Å². The summed E-state index contributed by atoms with van der Waals surface area (Å²) in [4.78, 5) is 13.1. The molecule has 0 amide bonds. The van der Waals surface area contributed by atoms with Crippen molar-refractivity contribution in [3.05, 3.63) is 99.7 Å². The number of aromatic nitrogens is 6. The van der Waals surface area contributed by atoms with E-state index in [2.05, 4.69) is 15.3 Å². The van der Waals surface area contributed by atoms with Crippen LogP contribution in [-0.4, -0.2) is 55.2 Å². The molecule has 200 valence electrons. The predicted molar refractivity (Wildman–Crippen MR) is 148 cm³/mol. The fraction of sp³-hybridized carbons (Fsp3) is 0.259. The molecule has 1 saturated heterocycles. The molecular formula is C27H26ClN7O3S. The van der Waals surface area contributed by atoms with Crippen molar-refractivity contribution in [2.45, 2.75) is 23.3 Å². The van der Waals surface area contributed by atoms with E-state index >= 15 is 0 Å². The summed E-state index contributed by atoms with van der Waals surface area (Å²) in [7, 11) is -0.551. The molecule has 0 N–H and O–H groups in total. The Balaban J connectivity index is 1.45. The average Bonchev–Trinajstić information content (AvgIpc) is 3.65. The van der Waals surface area contributed by atoms with E-state index in [1.807, 2.05) is 42.5 Å². The van der Waals surface area contributed by atoms with Crippen molar-refractivity contribution in [2.75, 3.05) is 13.1 Å². The molecule has 1 fully saturated rings. The Labute approximate surface area is 230 Å². The topological polar surface area (TPSA) is 108 Å². The highest BCUT2D eigenvalue weighted by Crippen LogP contribution is 2.44. The fourth-order valence-corrected chi connectivity index (χ4v) is 7.20. The van der Waals surface area contributed by atoms with Gasteiger partial charge in [0, 0.05) is 55.3 Å². The molecule has 39 heavy (non-hydrogen) atoms. The number of aryl methyl sites for hydroxylation is 2. The zero-order chi connectivity index (χ0) is 27.4. The van der Waals surface area contributed by atoms with E-state index in [0.29, 0.717) is 24.4 Å². The van der Waals surface area contributed by atoms with Gasteiger partial charge in [-0.1, -0.05) is 41.9 Å². The highest BCUT2D eigenvalue weighted by atomic mass is 35.5. The monoisotopic (exact) mass is 563 g/mol. The molecule has 0 saturated carbocycles. The number of hydrogen-bond acceptors (Lipinski definition) is 6. The van der Waals surface area contributed by atoms with Crippen LogP contribution in [0, 0.1) is 0 Å². The first-order valence-corrected chi connectivity index (χ1v) is 14.2. The van der Waals surface area contributed by atoms with E-state index < -0.39 is 15.4 Å². The summed E-state index contributed by atoms with van der Waals surface area (Å²) in [5.74, 6) is 0. The van der Waals surface area contributed by atoms with Crippen molar-refractivity contribution in [2.24, 2.45) is 14.1 Å². The Morgan fingerprint density at radius 3 is 2.54 bits per heavy atom. The molecule has 3 aromatic heterocycles. The van der Waals surface area contributed by atoms with Crippen molar-refractivity contribution >= 4 is 32.5 Å². The number of fused-ring (bicyclic) bond motifs is 1. The number of nitrogens with zero attached hydrogens (tertiary/aromatic N) is 7.